The molecule has 2 aromatic carbocycles. The Morgan fingerprint density at radius 3 is 1.30 bits per heavy atom. The molecule has 2 unspecified atom stereocenters. The average Bonchev–Trinajstić information content (AvgIpc) is 1.78. The Balaban J connectivity index is 0.000000253. The van der Waals surface area contributed by atoms with Crippen LogP contribution in [-0.4, -0.2) is 295 Å². The molecule has 0 saturated carbocycles. The lowest BCUT2D eigenvalue weighted by atomic mass is 10.0. The molecule has 40 heteroatoms. The van der Waals surface area contributed by atoms with Gasteiger partial charge < -0.3 is 92.5 Å². The molecule has 10 rings (SSSR count). The Labute approximate surface area is 635 Å². The summed E-state index contributed by atoms with van der Waals surface area (Å²) in [5, 5.41) is 44.6. The summed E-state index contributed by atoms with van der Waals surface area (Å²) in [6.07, 6.45) is 1.13. The highest BCUT2D eigenvalue weighted by atomic mass is 128. The summed E-state index contributed by atoms with van der Waals surface area (Å²) >= 11 is 4.24. The van der Waals surface area contributed by atoms with Gasteiger partial charge in [0.15, 0.2) is 0 Å². The van der Waals surface area contributed by atoms with Crippen LogP contribution in [0.15, 0.2) is 48.5 Å². The normalized spacial score (nSPS) is 24.6. The van der Waals surface area contributed by atoms with Gasteiger partial charge in [-0.15, -0.1) is 0 Å². The standard InChI is InChI=1S/C18H24N4O5.C17H22N4O5.C16H24N4O6.C15H22N4O6.I2.H/c1-19-12-9-21(2)13-6-4-5-7-14(13)22(17(12)25)10-15(23)20-11-8-16(24)27-18(11)26-3;1-18-12-8-20(2)13-5-3-4-6-14(13)21(17(12)26)9-15(23)19-11(10-22)7-16(24)25;1-17-9-5-6-12(21)19-7-3-4-11(20(19)15(9)24)14(23)18-10-8-13(22)26-16(10)25-2;1-16-10-4-5-12(21)18-6-2-3-11(19(18)15(10)25)14(24)17-9(8-20)7-13(22)23;1-2;/h4-7,11-12,18-19H,8-10H2,1-3H3,(H,20,23);3-6,10-12,18H,7-9H2,1-2H3,(H,19,23)(H,24,25);9-11,16-17H,3-8H2,1-2H3,(H,18,23);8-11,16H,2-7H2,1H3,(H,17,24)(H,22,23);;/q;;;;;-1/t11-,12-,18?;11-,12-;9-,10-,11-,16?;9-,10-,11-;;/m0000../s1. The summed E-state index contributed by atoms with van der Waals surface area (Å²) in [5.41, 5.74) is 2.91. The van der Waals surface area contributed by atoms with Crippen molar-refractivity contribution in [3.63, 3.8) is 0 Å². The van der Waals surface area contributed by atoms with E-state index in [0.29, 0.717) is 88.7 Å². The summed E-state index contributed by atoms with van der Waals surface area (Å²) in [6.45, 7) is 1.20. The van der Waals surface area contributed by atoms with Gasteiger partial charge in [-0.2, -0.15) is 0 Å². The fourth-order valence-corrected chi connectivity index (χ4v) is 13.1. The van der Waals surface area contributed by atoms with Crippen molar-refractivity contribution in [2.24, 2.45) is 0 Å². The summed E-state index contributed by atoms with van der Waals surface area (Å²) in [6, 6.07) is 7.33. The second-order valence-electron chi connectivity index (χ2n) is 25.4. The highest BCUT2D eigenvalue weighted by molar-refractivity contribution is 15.0. The molecular formula is C66H93I2N16O22-. The van der Waals surface area contributed by atoms with Crippen LogP contribution in [0.1, 0.15) is 78.5 Å². The number of hydrogen-bond acceptors (Lipinski definition) is 26. The van der Waals surface area contributed by atoms with Crippen LogP contribution in [0.4, 0.5) is 22.7 Å². The van der Waals surface area contributed by atoms with E-state index >= 15 is 0 Å². The van der Waals surface area contributed by atoms with E-state index in [1.807, 2.05) is 60.3 Å². The van der Waals surface area contributed by atoms with Crippen molar-refractivity contribution in [3.8, 4) is 0 Å². The van der Waals surface area contributed by atoms with Crippen molar-refractivity contribution in [1.82, 2.24) is 62.6 Å². The number of aldehydes is 2. The van der Waals surface area contributed by atoms with Gasteiger partial charge in [0.1, 0.15) is 61.9 Å². The Kier molecular flexibility index (Phi) is 33.6. The SMILES string of the molecule is CN[C@H]1CCC(=O)N2CCC[C@@H](C(=O)N[C@H](C=O)CC(=O)O)N2C1=O.CN[C@H]1CCC(=O)N2CCC[C@@H](C(=O)N[C@H]3CC(=O)OC3OC)N2C1=O.CN[C@H]1CN(C)c2ccccc2N(CC(=O)N[C@H](C=O)CC(=O)O)C1=O.CN[C@H]1CN(C)c2ccccc2N(CC(=O)N[C@H]2CC(=O)OC2OC)C1=O.II.[H-]. The molecule has 8 aliphatic heterocycles. The number of esters is 2. The number of carboxylic acid groups (broad SMARTS) is 2. The first kappa shape index (κ1) is 86.1. The lowest BCUT2D eigenvalue weighted by Gasteiger charge is -2.43. The van der Waals surface area contributed by atoms with E-state index in [9.17, 15) is 76.7 Å². The minimum absolute atomic E-state index is 0. The molecular weight excluding hydrogens is 1620 g/mol. The van der Waals surface area contributed by atoms with Crippen LogP contribution in [0.3, 0.4) is 0 Å². The molecule has 6 saturated heterocycles. The number of carbonyl (C=O) groups excluding carboxylic acids is 14. The number of rotatable bonds is 22. The predicted octanol–water partition coefficient (Wildman–Crippen LogP) is -2.67. The van der Waals surface area contributed by atoms with Crippen LogP contribution in [0.2, 0.25) is 0 Å². The first-order valence-corrected chi connectivity index (χ1v) is 40.3. The second-order valence-corrected chi connectivity index (χ2v) is 25.4. The number of anilines is 4. The van der Waals surface area contributed by atoms with Gasteiger partial charge >= 0.3 is 23.9 Å². The van der Waals surface area contributed by atoms with Crippen molar-refractivity contribution >= 4 is 156 Å². The summed E-state index contributed by atoms with van der Waals surface area (Å²) in [5.74, 6) is -6.89. The van der Waals surface area contributed by atoms with Gasteiger partial charge in [0.05, 0.1) is 72.6 Å². The van der Waals surface area contributed by atoms with Crippen LogP contribution in [0.5, 0.6) is 0 Å². The molecule has 0 aliphatic carbocycles. The molecule has 8 heterocycles. The molecule has 584 valence electrons. The van der Waals surface area contributed by atoms with Crippen molar-refractivity contribution in [3.05, 3.63) is 48.5 Å². The average molecular weight is 1720 g/mol. The molecule has 6 fully saturated rings. The number of benzene rings is 2. The largest absolute Gasteiger partial charge is 1.00 e. The lowest BCUT2D eigenvalue weighted by Crippen LogP contribution is -2.64. The number of fused-ring (bicyclic) bond motifs is 4. The van der Waals surface area contributed by atoms with Crippen molar-refractivity contribution < 1.29 is 107 Å². The van der Waals surface area contributed by atoms with E-state index in [4.69, 9.17) is 29.2 Å². The number of carbonyl (C=O) groups is 16. The number of halogens is 2. The number of para-hydroxylation sites is 4. The summed E-state index contributed by atoms with van der Waals surface area (Å²) in [4.78, 5) is 199. The first-order valence-electron chi connectivity index (χ1n) is 34.0. The van der Waals surface area contributed by atoms with Gasteiger partial charge in [-0.3, -0.25) is 86.9 Å². The smallest absolute Gasteiger partial charge is 0.310 e. The van der Waals surface area contributed by atoms with Crippen LogP contribution >= 0.6 is 37.2 Å². The van der Waals surface area contributed by atoms with Gasteiger partial charge in [0, 0.05) is 105 Å². The molecule has 0 bridgehead atoms. The number of aliphatic carboxylic acids is 2. The van der Waals surface area contributed by atoms with Crippen molar-refractivity contribution in [2.75, 3.05) is 115 Å². The highest BCUT2D eigenvalue weighted by Gasteiger charge is 2.48. The second kappa shape index (κ2) is 41.3. The quantitative estimate of drug-likeness (QED) is 0.0326. The van der Waals surface area contributed by atoms with Gasteiger partial charge in [-0.05, 0) is 91.0 Å². The maximum absolute atomic E-state index is 13.0. The maximum Gasteiger partial charge on any atom is 0.310 e. The number of carboxylic acids is 2. The Morgan fingerprint density at radius 2 is 0.915 bits per heavy atom. The summed E-state index contributed by atoms with van der Waals surface area (Å²) < 4.78 is 20.1. The molecule has 0 spiro atoms. The Morgan fingerprint density at radius 1 is 0.538 bits per heavy atom. The highest BCUT2D eigenvalue weighted by Crippen LogP contribution is 2.34. The number of likely N-dealkylation sites (N-methyl/N-ethyl adjacent to an activating group) is 6. The summed E-state index contributed by atoms with van der Waals surface area (Å²) in [7, 11) is 13.2. The topological polar surface area (TPSA) is 473 Å². The fraction of sp³-hybridized carbons (Fsp3) is 0.576. The third-order valence-corrected chi connectivity index (χ3v) is 18.4. The van der Waals surface area contributed by atoms with Crippen LogP contribution in [0, 0.1) is 0 Å². The van der Waals surface area contributed by atoms with E-state index in [1.54, 1.807) is 40.3 Å². The number of nitrogens with zero attached hydrogens (tertiary/aromatic N) is 8. The number of cyclic esters (lactones) is 2. The Hall–Kier alpha value is -8.82. The minimum Gasteiger partial charge on any atom is -1.00 e. The van der Waals surface area contributed by atoms with Gasteiger partial charge in [-0.1, -0.05) is 24.3 Å². The maximum atomic E-state index is 13.0. The number of methoxy groups -OCH3 is 2. The van der Waals surface area contributed by atoms with E-state index in [1.165, 1.54) is 39.0 Å². The zero-order chi connectivity index (χ0) is 78.2. The Bertz CT molecular complexity index is 3550. The third kappa shape index (κ3) is 22.2. The molecule has 0 radical (unpaired) electrons. The van der Waals surface area contributed by atoms with Crippen LogP contribution < -0.4 is 62.1 Å². The van der Waals surface area contributed by atoms with E-state index in [0.717, 1.165) is 16.4 Å². The molecule has 10 amide bonds. The zero-order valence-corrected chi connectivity index (χ0v) is 64.1. The number of hydrazine groups is 2. The van der Waals surface area contributed by atoms with Crippen molar-refractivity contribution in [2.45, 2.75) is 150 Å². The molecule has 10 N–H and O–H groups in total. The molecule has 38 nitrogen and oxygen atoms in total. The van der Waals surface area contributed by atoms with Crippen LogP contribution in [-0.2, 0) is 95.7 Å². The van der Waals surface area contributed by atoms with E-state index in [-0.39, 0.29) is 81.5 Å². The molecule has 12 atom stereocenters. The van der Waals surface area contributed by atoms with E-state index in [2.05, 4.69) is 79.8 Å². The van der Waals surface area contributed by atoms with Gasteiger partial charge in [0.25, 0.3) is 11.8 Å². The van der Waals surface area contributed by atoms with Gasteiger partial charge in [0.2, 0.25) is 59.8 Å². The number of amides is 10. The number of hydrogen-bond donors (Lipinski definition) is 10. The molecule has 8 aliphatic rings. The minimum atomic E-state index is -1.22. The lowest BCUT2D eigenvalue weighted by molar-refractivity contribution is -0.177. The predicted molar refractivity (Wildman–Crippen MR) is 394 cm³/mol. The third-order valence-electron chi connectivity index (χ3n) is 18.4. The fourth-order valence-electron chi connectivity index (χ4n) is 13.1. The first-order chi connectivity index (χ1) is 50.6. The van der Waals surface area contributed by atoms with Crippen molar-refractivity contribution in [1.29, 1.82) is 0 Å². The number of ether oxygens (including phenoxy) is 4. The van der Waals surface area contributed by atoms with Gasteiger partial charge in [-0.25, -0.2) is 10.0 Å². The monoisotopic (exact) mass is 1720 g/mol. The zero-order valence-electron chi connectivity index (χ0n) is 60.8. The molecule has 2 aromatic rings. The van der Waals surface area contributed by atoms with E-state index < -0.39 is 127 Å². The molecule has 106 heavy (non-hydrogen) atoms. The number of nitrogens with one attached hydrogen (secondary N) is 8. The molecule has 0 aromatic heterocycles. The van der Waals surface area contributed by atoms with Crippen LogP contribution in [0.25, 0.3) is 0 Å².